The van der Waals surface area contributed by atoms with E-state index in [0.29, 0.717) is 6.04 Å². The number of hydrogen-bond acceptors (Lipinski definition) is 4. The van der Waals surface area contributed by atoms with Crippen LogP contribution in [0.1, 0.15) is 25.6 Å². The van der Waals surface area contributed by atoms with Gasteiger partial charge >= 0.3 is 0 Å². The predicted octanol–water partition coefficient (Wildman–Crippen LogP) is 2.41. The van der Waals surface area contributed by atoms with Crippen LogP contribution in [0.15, 0.2) is 21.2 Å². The van der Waals surface area contributed by atoms with E-state index in [1.807, 2.05) is 12.1 Å². The number of ether oxygens (including phenoxy) is 1. The van der Waals surface area contributed by atoms with Crippen molar-refractivity contribution in [2.24, 2.45) is 0 Å². The normalized spacial score (nSPS) is 25.8. The molecule has 1 aliphatic rings. The van der Waals surface area contributed by atoms with Gasteiger partial charge in [0.25, 0.3) is 0 Å². The van der Waals surface area contributed by atoms with Gasteiger partial charge in [-0.05, 0) is 35.1 Å². The fourth-order valence-corrected chi connectivity index (χ4v) is 2.59. The summed E-state index contributed by atoms with van der Waals surface area (Å²) in [7, 11) is 2.12. The number of likely N-dealkylation sites (N-methyl/N-ethyl adjacent to an activating group) is 1. The van der Waals surface area contributed by atoms with E-state index < -0.39 is 0 Å². The Morgan fingerprint density at radius 2 is 2.28 bits per heavy atom. The Balaban J connectivity index is 2.10. The van der Waals surface area contributed by atoms with Crippen molar-refractivity contribution < 1.29 is 9.15 Å². The van der Waals surface area contributed by atoms with Crippen molar-refractivity contribution in [3.63, 3.8) is 0 Å². The molecule has 0 radical (unpaired) electrons. The van der Waals surface area contributed by atoms with Crippen LogP contribution in [0.5, 0.6) is 0 Å². The smallest absolute Gasteiger partial charge is 0.169 e. The summed E-state index contributed by atoms with van der Waals surface area (Å²) < 4.78 is 12.4. The van der Waals surface area contributed by atoms with Gasteiger partial charge in [-0.1, -0.05) is 13.8 Å². The molecule has 1 saturated heterocycles. The van der Waals surface area contributed by atoms with Crippen LogP contribution < -0.4 is 5.32 Å². The Morgan fingerprint density at radius 1 is 1.50 bits per heavy atom. The lowest BCUT2D eigenvalue weighted by molar-refractivity contribution is -0.0684. The molecule has 102 valence electrons. The fourth-order valence-electron chi connectivity index (χ4n) is 2.27. The molecule has 0 amide bonds. The quantitative estimate of drug-likeness (QED) is 0.925. The maximum Gasteiger partial charge on any atom is 0.169 e. The molecule has 2 unspecified atom stereocenters. The minimum atomic E-state index is 0.129. The molecule has 2 heterocycles. The van der Waals surface area contributed by atoms with Crippen molar-refractivity contribution in [3.8, 4) is 0 Å². The summed E-state index contributed by atoms with van der Waals surface area (Å²) in [6.45, 7) is 6.83. The average Bonchev–Trinajstić information content (AvgIpc) is 2.72. The van der Waals surface area contributed by atoms with Crippen LogP contribution in [0.3, 0.4) is 0 Å². The lowest BCUT2D eigenvalue weighted by Crippen LogP contribution is -2.48. The lowest BCUT2D eigenvalue weighted by atomic mass is 10.0. The van der Waals surface area contributed by atoms with Crippen molar-refractivity contribution in [1.82, 2.24) is 10.2 Å². The zero-order valence-corrected chi connectivity index (χ0v) is 12.7. The summed E-state index contributed by atoms with van der Waals surface area (Å²) in [6.07, 6.45) is 0.129. The summed E-state index contributed by atoms with van der Waals surface area (Å²) in [4.78, 5) is 2.29. The number of morpholine rings is 1. The minimum Gasteiger partial charge on any atom is -0.453 e. The molecule has 0 bridgehead atoms. The van der Waals surface area contributed by atoms with Gasteiger partial charge in [-0.25, -0.2) is 0 Å². The van der Waals surface area contributed by atoms with Crippen LogP contribution in [0.25, 0.3) is 0 Å². The third kappa shape index (κ3) is 3.35. The van der Waals surface area contributed by atoms with Gasteiger partial charge in [-0.15, -0.1) is 0 Å². The van der Waals surface area contributed by atoms with E-state index in [1.165, 1.54) is 0 Å². The van der Waals surface area contributed by atoms with Crippen molar-refractivity contribution in [3.05, 3.63) is 22.6 Å². The van der Waals surface area contributed by atoms with E-state index in [4.69, 9.17) is 9.15 Å². The average molecular weight is 317 g/mol. The SMILES string of the molecule is CC(C)NCC1OCCN(C)C1c1ccc(Br)o1. The number of rotatable bonds is 4. The summed E-state index contributed by atoms with van der Waals surface area (Å²) in [5.41, 5.74) is 0. The molecule has 1 N–H and O–H groups in total. The molecular weight excluding hydrogens is 296 g/mol. The molecule has 1 aromatic heterocycles. The zero-order valence-electron chi connectivity index (χ0n) is 11.1. The van der Waals surface area contributed by atoms with Crippen LogP contribution >= 0.6 is 15.9 Å². The maximum atomic E-state index is 5.90. The van der Waals surface area contributed by atoms with E-state index in [1.54, 1.807) is 0 Å². The molecule has 18 heavy (non-hydrogen) atoms. The van der Waals surface area contributed by atoms with Gasteiger partial charge in [0.15, 0.2) is 4.67 Å². The molecule has 2 atom stereocenters. The van der Waals surface area contributed by atoms with Crippen LogP contribution in [0.4, 0.5) is 0 Å². The molecule has 2 rings (SSSR count). The molecule has 0 aromatic carbocycles. The van der Waals surface area contributed by atoms with E-state index >= 15 is 0 Å². The molecule has 5 heteroatoms. The van der Waals surface area contributed by atoms with Gasteiger partial charge in [0.05, 0.1) is 18.8 Å². The molecule has 4 nitrogen and oxygen atoms in total. The number of halogens is 1. The Hall–Kier alpha value is -0.360. The second-order valence-electron chi connectivity index (χ2n) is 5.04. The molecule has 1 aromatic rings. The highest BCUT2D eigenvalue weighted by Crippen LogP contribution is 2.30. The first-order valence-electron chi connectivity index (χ1n) is 6.38. The van der Waals surface area contributed by atoms with Gasteiger partial charge in [0.1, 0.15) is 5.76 Å². The van der Waals surface area contributed by atoms with Crippen molar-refractivity contribution in [2.45, 2.75) is 32.0 Å². The second-order valence-corrected chi connectivity index (χ2v) is 5.82. The Bertz CT molecular complexity index is 381. The second kappa shape index (κ2) is 6.19. The number of hydrogen-bond donors (Lipinski definition) is 1. The number of furan rings is 1. The van der Waals surface area contributed by atoms with Gasteiger partial charge < -0.3 is 14.5 Å². The number of nitrogens with zero attached hydrogens (tertiary/aromatic N) is 1. The zero-order chi connectivity index (χ0) is 13.1. The van der Waals surface area contributed by atoms with Gasteiger partial charge in [0, 0.05) is 19.1 Å². The van der Waals surface area contributed by atoms with Gasteiger partial charge in [-0.2, -0.15) is 0 Å². The molecule has 1 aliphatic heterocycles. The highest BCUT2D eigenvalue weighted by Gasteiger charge is 2.33. The topological polar surface area (TPSA) is 37.6 Å². The molecule has 1 fully saturated rings. The standard InChI is InChI=1S/C13H21BrN2O2/c1-9(2)15-8-11-13(16(3)6-7-17-11)10-4-5-12(14)18-10/h4-5,9,11,13,15H,6-8H2,1-3H3. The van der Waals surface area contributed by atoms with Crippen LogP contribution in [-0.2, 0) is 4.74 Å². The summed E-state index contributed by atoms with van der Waals surface area (Å²) >= 11 is 3.36. The number of nitrogens with one attached hydrogen (secondary N) is 1. The minimum absolute atomic E-state index is 0.129. The van der Waals surface area contributed by atoms with E-state index in [0.717, 1.165) is 30.1 Å². The Labute approximate surface area is 117 Å². The lowest BCUT2D eigenvalue weighted by Gasteiger charge is -2.38. The van der Waals surface area contributed by atoms with Crippen molar-refractivity contribution >= 4 is 15.9 Å². The third-order valence-corrected chi connectivity index (χ3v) is 3.64. The van der Waals surface area contributed by atoms with E-state index in [2.05, 4.69) is 47.0 Å². The molecule has 0 aliphatic carbocycles. The monoisotopic (exact) mass is 316 g/mol. The first-order valence-corrected chi connectivity index (χ1v) is 7.17. The first kappa shape index (κ1) is 14.1. The summed E-state index contributed by atoms with van der Waals surface area (Å²) in [5.74, 6) is 0.958. The Morgan fingerprint density at radius 3 is 2.89 bits per heavy atom. The van der Waals surface area contributed by atoms with Gasteiger partial charge in [-0.3, -0.25) is 4.90 Å². The van der Waals surface area contributed by atoms with Crippen molar-refractivity contribution in [1.29, 1.82) is 0 Å². The van der Waals surface area contributed by atoms with Crippen LogP contribution in [-0.4, -0.2) is 43.8 Å². The molecule has 0 saturated carbocycles. The predicted molar refractivity (Wildman–Crippen MR) is 74.7 cm³/mol. The van der Waals surface area contributed by atoms with E-state index in [-0.39, 0.29) is 12.1 Å². The summed E-state index contributed by atoms with van der Waals surface area (Å²) in [5, 5.41) is 3.44. The highest BCUT2D eigenvalue weighted by molar-refractivity contribution is 9.10. The molecule has 0 spiro atoms. The summed E-state index contributed by atoms with van der Waals surface area (Å²) in [6, 6.07) is 4.59. The third-order valence-electron chi connectivity index (χ3n) is 3.22. The molecular formula is C13H21BrN2O2. The Kier molecular flexibility index (Phi) is 4.84. The van der Waals surface area contributed by atoms with Crippen LogP contribution in [0.2, 0.25) is 0 Å². The maximum absolute atomic E-state index is 5.90. The highest BCUT2D eigenvalue weighted by atomic mass is 79.9. The largest absolute Gasteiger partial charge is 0.453 e. The first-order chi connectivity index (χ1) is 8.58. The fraction of sp³-hybridized carbons (Fsp3) is 0.692. The van der Waals surface area contributed by atoms with Crippen molar-refractivity contribution in [2.75, 3.05) is 26.7 Å². The van der Waals surface area contributed by atoms with Gasteiger partial charge in [0.2, 0.25) is 0 Å². The van der Waals surface area contributed by atoms with E-state index in [9.17, 15) is 0 Å². The van der Waals surface area contributed by atoms with Crippen LogP contribution in [0, 0.1) is 0 Å².